The normalized spacial score (nSPS) is 11.7. The molecule has 0 heterocycles. The molecule has 0 radical (unpaired) electrons. The number of nitrogens with one attached hydrogen (secondary N) is 1. The Morgan fingerprint density at radius 3 is 2.42 bits per heavy atom. The van der Waals surface area contributed by atoms with E-state index in [9.17, 15) is 9.18 Å². The van der Waals surface area contributed by atoms with E-state index in [0.717, 1.165) is 16.9 Å². The molecule has 4 nitrogen and oxygen atoms in total. The smallest absolute Gasteiger partial charge is 0.224 e. The van der Waals surface area contributed by atoms with Crippen LogP contribution in [0, 0.1) is 12.7 Å². The van der Waals surface area contributed by atoms with Crippen LogP contribution in [0.2, 0.25) is 0 Å². The predicted molar refractivity (Wildman–Crippen MR) is 90.9 cm³/mol. The monoisotopic (exact) mass is 331 g/mol. The SMILES string of the molecule is COc1ccc(CC(=O)N[C@H](C)c2cc(C)ccc2OC)cc1F. The van der Waals surface area contributed by atoms with Crippen molar-refractivity contribution in [3.63, 3.8) is 0 Å². The second-order valence-corrected chi connectivity index (χ2v) is 5.68. The summed E-state index contributed by atoms with van der Waals surface area (Å²) in [4.78, 5) is 12.2. The summed E-state index contributed by atoms with van der Waals surface area (Å²) < 4.78 is 23.9. The van der Waals surface area contributed by atoms with Gasteiger partial charge in [0.1, 0.15) is 5.75 Å². The molecule has 0 saturated heterocycles. The van der Waals surface area contributed by atoms with Crippen molar-refractivity contribution in [2.75, 3.05) is 14.2 Å². The highest BCUT2D eigenvalue weighted by Gasteiger charge is 2.15. The Balaban J connectivity index is 2.07. The zero-order valence-corrected chi connectivity index (χ0v) is 14.4. The molecule has 24 heavy (non-hydrogen) atoms. The fourth-order valence-electron chi connectivity index (χ4n) is 2.57. The van der Waals surface area contributed by atoms with Crippen molar-refractivity contribution in [3.8, 4) is 11.5 Å². The minimum Gasteiger partial charge on any atom is -0.496 e. The van der Waals surface area contributed by atoms with Crippen molar-refractivity contribution >= 4 is 5.91 Å². The molecule has 0 aromatic heterocycles. The highest BCUT2D eigenvalue weighted by Crippen LogP contribution is 2.26. The molecule has 2 aromatic rings. The number of ether oxygens (including phenoxy) is 2. The van der Waals surface area contributed by atoms with Crippen molar-refractivity contribution in [2.24, 2.45) is 0 Å². The first kappa shape index (κ1) is 17.8. The van der Waals surface area contributed by atoms with E-state index < -0.39 is 5.82 Å². The van der Waals surface area contributed by atoms with Crippen LogP contribution in [0.25, 0.3) is 0 Å². The lowest BCUT2D eigenvalue weighted by atomic mass is 10.0. The number of amides is 1. The van der Waals surface area contributed by atoms with E-state index in [-0.39, 0.29) is 24.1 Å². The second kappa shape index (κ2) is 7.81. The van der Waals surface area contributed by atoms with Gasteiger partial charge in [-0.25, -0.2) is 4.39 Å². The summed E-state index contributed by atoms with van der Waals surface area (Å²) in [6.45, 7) is 3.88. The third kappa shape index (κ3) is 4.25. The van der Waals surface area contributed by atoms with Gasteiger partial charge in [0.25, 0.3) is 0 Å². The molecule has 5 heteroatoms. The van der Waals surface area contributed by atoms with E-state index in [2.05, 4.69) is 5.32 Å². The first-order chi connectivity index (χ1) is 11.4. The predicted octanol–water partition coefficient (Wildman–Crippen LogP) is 3.57. The molecule has 0 bridgehead atoms. The van der Waals surface area contributed by atoms with Gasteiger partial charge in [-0.05, 0) is 37.6 Å². The molecular formula is C19H22FNO3. The molecule has 0 aliphatic rings. The zero-order valence-electron chi connectivity index (χ0n) is 14.4. The van der Waals surface area contributed by atoms with Crippen LogP contribution in [0.3, 0.4) is 0 Å². The molecule has 1 N–H and O–H groups in total. The van der Waals surface area contributed by atoms with Crippen LogP contribution >= 0.6 is 0 Å². The largest absolute Gasteiger partial charge is 0.496 e. The number of methoxy groups -OCH3 is 2. The lowest BCUT2D eigenvalue weighted by Gasteiger charge is -2.18. The van der Waals surface area contributed by atoms with E-state index in [1.54, 1.807) is 13.2 Å². The number of carbonyl (C=O) groups is 1. The van der Waals surface area contributed by atoms with Gasteiger partial charge in [0, 0.05) is 5.56 Å². The Labute approximate surface area is 141 Å². The van der Waals surface area contributed by atoms with Gasteiger partial charge < -0.3 is 14.8 Å². The summed E-state index contributed by atoms with van der Waals surface area (Å²) in [7, 11) is 3.00. The number of hydrogen-bond acceptors (Lipinski definition) is 3. The van der Waals surface area contributed by atoms with Crippen molar-refractivity contribution in [2.45, 2.75) is 26.3 Å². The Kier molecular flexibility index (Phi) is 5.79. The van der Waals surface area contributed by atoms with E-state index >= 15 is 0 Å². The maximum atomic E-state index is 13.7. The molecule has 1 atom stereocenters. The molecule has 0 unspecified atom stereocenters. The Morgan fingerprint density at radius 2 is 1.79 bits per heavy atom. The van der Waals surface area contributed by atoms with Crippen LogP contribution in [0.5, 0.6) is 11.5 Å². The summed E-state index contributed by atoms with van der Waals surface area (Å²) in [6, 6.07) is 10.1. The number of rotatable bonds is 6. The van der Waals surface area contributed by atoms with Gasteiger partial charge in [0.15, 0.2) is 11.6 Å². The number of carbonyl (C=O) groups excluding carboxylic acids is 1. The number of benzene rings is 2. The van der Waals surface area contributed by atoms with Gasteiger partial charge in [-0.1, -0.05) is 23.8 Å². The summed E-state index contributed by atoms with van der Waals surface area (Å²) >= 11 is 0. The van der Waals surface area contributed by atoms with Gasteiger partial charge in [-0.2, -0.15) is 0 Å². The van der Waals surface area contributed by atoms with E-state index in [1.807, 2.05) is 32.0 Å². The third-order valence-electron chi connectivity index (χ3n) is 3.81. The fourth-order valence-corrected chi connectivity index (χ4v) is 2.57. The van der Waals surface area contributed by atoms with Crippen LogP contribution in [-0.4, -0.2) is 20.1 Å². The van der Waals surface area contributed by atoms with E-state index in [1.165, 1.54) is 19.2 Å². The number of aryl methyl sites for hydroxylation is 1. The van der Waals surface area contributed by atoms with E-state index in [4.69, 9.17) is 9.47 Å². The quantitative estimate of drug-likeness (QED) is 0.880. The Morgan fingerprint density at radius 1 is 1.12 bits per heavy atom. The molecule has 0 fully saturated rings. The molecular weight excluding hydrogens is 309 g/mol. The molecule has 0 spiro atoms. The van der Waals surface area contributed by atoms with Crippen LogP contribution in [0.1, 0.15) is 29.7 Å². The number of hydrogen-bond donors (Lipinski definition) is 1. The molecule has 2 aromatic carbocycles. The summed E-state index contributed by atoms with van der Waals surface area (Å²) in [6.07, 6.45) is 0.0966. The second-order valence-electron chi connectivity index (χ2n) is 5.68. The zero-order chi connectivity index (χ0) is 17.7. The minimum atomic E-state index is -0.476. The first-order valence-corrected chi connectivity index (χ1v) is 7.71. The Bertz CT molecular complexity index is 731. The molecule has 0 aliphatic heterocycles. The maximum Gasteiger partial charge on any atom is 0.224 e. The lowest BCUT2D eigenvalue weighted by molar-refractivity contribution is -0.121. The highest BCUT2D eigenvalue weighted by atomic mass is 19.1. The summed E-state index contributed by atoms with van der Waals surface area (Å²) in [5.74, 6) is 0.229. The van der Waals surface area contributed by atoms with Crippen LogP contribution < -0.4 is 14.8 Å². The highest BCUT2D eigenvalue weighted by molar-refractivity contribution is 5.79. The van der Waals surface area contributed by atoms with Crippen molar-refractivity contribution < 1.29 is 18.7 Å². The molecule has 128 valence electrons. The molecule has 0 saturated carbocycles. The van der Waals surface area contributed by atoms with Crippen LogP contribution in [0.4, 0.5) is 4.39 Å². The van der Waals surface area contributed by atoms with Crippen LogP contribution in [-0.2, 0) is 11.2 Å². The van der Waals surface area contributed by atoms with Gasteiger partial charge in [0.2, 0.25) is 5.91 Å². The van der Waals surface area contributed by atoms with Crippen LogP contribution in [0.15, 0.2) is 36.4 Å². The van der Waals surface area contributed by atoms with Gasteiger partial charge >= 0.3 is 0 Å². The summed E-state index contributed by atoms with van der Waals surface area (Å²) in [5.41, 5.74) is 2.59. The van der Waals surface area contributed by atoms with Gasteiger partial charge in [-0.3, -0.25) is 4.79 Å². The minimum absolute atomic E-state index is 0.0966. The summed E-state index contributed by atoms with van der Waals surface area (Å²) in [5, 5.41) is 2.92. The lowest BCUT2D eigenvalue weighted by Crippen LogP contribution is -2.28. The first-order valence-electron chi connectivity index (χ1n) is 7.71. The van der Waals surface area contributed by atoms with Gasteiger partial charge in [-0.15, -0.1) is 0 Å². The molecule has 0 aliphatic carbocycles. The van der Waals surface area contributed by atoms with Crippen molar-refractivity contribution in [3.05, 3.63) is 58.9 Å². The van der Waals surface area contributed by atoms with Crippen molar-refractivity contribution in [1.82, 2.24) is 5.32 Å². The third-order valence-corrected chi connectivity index (χ3v) is 3.81. The topological polar surface area (TPSA) is 47.6 Å². The van der Waals surface area contributed by atoms with E-state index in [0.29, 0.717) is 5.56 Å². The Hall–Kier alpha value is -2.56. The standard InChI is InChI=1S/C19H22FNO3/c1-12-5-7-17(23-3)15(9-12)13(2)21-19(22)11-14-6-8-18(24-4)16(20)10-14/h5-10,13H,11H2,1-4H3,(H,21,22)/t13-/m1/s1. The average molecular weight is 331 g/mol. The maximum absolute atomic E-state index is 13.7. The van der Waals surface area contributed by atoms with Crippen molar-refractivity contribution in [1.29, 1.82) is 0 Å². The number of halogens is 1. The van der Waals surface area contributed by atoms with Gasteiger partial charge in [0.05, 0.1) is 26.7 Å². The average Bonchev–Trinajstić information content (AvgIpc) is 2.54. The molecule has 1 amide bonds. The molecule has 2 rings (SSSR count). The fraction of sp³-hybridized carbons (Fsp3) is 0.316.